The van der Waals surface area contributed by atoms with Crippen LogP contribution in [0.1, 0.15) is 57.2 Å². The van der Waals surface area contributed by atoms with E-state index in [9.17, 15) is 9.59 Å². The minimum atomic E-state index is -0.363. The van der Waals surface area contributed by atoms with Gasteiger partial charge in [-0.3, -0.25) is 4.79 Å². The Morgan fingerprint density at radius 1 is 1.24 bits per heavy atom. The molecule has 0 unspecified atom stereocenters. The average Bonchev–Trinajstić information content (AvgIpc) is 3.25. The van der Waals surface area contributed by atoms with E-state index in [4.69, 9.17) is 16.3 Å². The molecule has 1 N–H and O–H groups in total. The molecule has 1 aliphatic rings. The van der Waals surface area contributed by atoms with Gasteiger partial charge in [0.05, 0.1) is 17.2 Å². The fraction of sp³-hybridized carbons (Fsp3) is 0.364. The number of carbonyl (C=O) groups is 2. The lowest BCUT2D eigenvalue weighted by Crippen LogP contribution is -2.17. The summed E-state index contributed by atoms with van der Waals surface area (Å²) in [7, 11) is 0. The van der Waals surface area contributed by atoms with E-state index < -0.39 is 0 Å². The summed E-state index contributed by atoms with van der Waals surface area (Å²) < 4.78 is 6.26. The maximum atomic E-state index is 13.0. The fourth-order valence-electron chi connectivity index (χ4n) is 3.83. The summed E-state index contributed by atoms with van der Waals surface area (Å²) in [5.74, 6) is -0.0261. The highest BCUT2D eigenvalue weighted by Crippen LogP contribution is 2.42. The Balaban J connectivity index is 1.70. The van der Waals surface area contributed by atoms with Crippen LogP contribution in [0.3, 0.4) is 0 Å². The number of esters is 1. The largest absolute Gasteiger partial charge is 0.462 e. The van der Waals surface area contributed by atoms with Crippen LogP contribution >= 0.6 is 34.3 Å². The summed E-state index contributed by atoms with van der Waals surface area (Å²) in [5.41, 5.74) is 1.56. The number of thiophene rings is 2. The van der Waals surface area contributed by atoms with Crippen molar-refractivity contribution in [1.29, 1.82) is 0 Å². The molecule has 0 aliphatic heterocycles. The lowest BCUT2D eigenvalue weighted by molar-refractivity contribution is 0.0526. The lowest BCUT2D eigenvalue weighted by Gasteiger charge is -2.20. The predicted octanol–water partition coefficient (Wildman–Crippen LogP) is 6.56. The number of anilines is 1. The molecule has 7 heteroatoms. The smallest absolute Gasteiger partial charge is 0.341 e. The van der Waals surface area contributed by atoms with E-state index in [0.29, 0.717) is 33.0 Å². The lowest BCUT2D eigenvalue weighted by atomic mass is 9.85. The van der Waals surface area contributed by atoms with Crippen LogP contribution in [0.5, 0.6) is 0 Å². The zero-order valence-electron chi connectivity index (χ0n) is 16.3. The zero-order valence-corrected chi connectivity index (χ0v) is 18.7. The molecular weight excluding hydrogens is 426 g/mol. The molecule has 0 fully saturated rings. The van der Waals surface area contributed by atoms with Gasteiger partial charge in [0, 0.05) is 15.0 Å². The number of rotatable bonds is 5. The van der Waals surface area contributed by atoms with Crippen LogP contribution < -0.4 is 5.32 Å². The quantitative estimate of drug-likeness (QED) is 0.450. The van der Waals surface area contributed by atoms with Gasteiger partial charge in [0.25, 0.3) is 5.91 Å². The number of carbonyl (C=O) groups excluding carboxylic acids is 2. The molecule has 29 heavy (non-hydrogen) atoms. The van der Waals surface area contributed by atoms with E-state index in [2.05, 4.69) is 12.2 Å². The van der Waals surface area contributed by atoms with Gasteiger partial charge >= 0.3 is 5.97 Å². The predicted molar refractivity (Wildman–Crippen MR) is 121 cm³/mol. The molecule has 1 aromatic carbocycles. The van der Waals surface area contributed by atoms with Gasteiger partial charge in [0.15, 0.2) is 0 Å². The van der Waals surface area contributed by atoms with E-state index >= 15 is 0 Å². The molecule has 2 heterocycles. The van der Waals surface area contributed by atoms with E-state index in [1.54, 1.807) is 6.92 Å². The number of fused-ring (bicyclic) bond motifs is 2. The molecule has 152 valence electrons. The topological polar surface area (TPSA) is 55.4 Å². The number of hydrogen-bond acceptors (Lipinski definition) is 5. The third-order valence-electron chi connectivity index (χ3n) is 5.39. The highest BCUT2D eigenvalue weighted by atomic mass is 35.5. The van der Waals surface area contributed by atoms with Crippen molar-refractivity contribution in [3.63, 3.8) is 0 Å². The molecule has 0 saturated heterocycles. The van der Waals surface area contributed by atoms with Gasteiger partial charge < -0.3 is 10.1 Å². The molecule has 1 atom stereocenters. The standard InChI is InChI=1S/C22H22ClNO3S2/c1-3-12-9-10-13-16(11-12)29-21(17(13)22(26)27-4-2)24-20(25)19-18(23)14-7-5-6-8-15(14)28-19/h5-8,12H,3-4,9-11H2,1-2H3,(H,24,25)/t12-/m0/s1. The van der Waals surface area contributed by atoms with Crippen LogP contribution in [-0.4, -0.2) is 18.5 Å². The second-order valence-corrected chi connectivity index (χ2v) is 9.68. The SMILES string of the molecule is CCOC(=O)c1c(NC(=O)c2sc3ccccc3c2Cl)sc2c1CC[C@H](CC)C2. The second-order valence-electron chi connectivity index (χ2n) is 7.14. The first-order valence-electron chi connectivity index (χ1n) is 9.83. The van der Waals surface area contributed by atoms with Crippen LogP contribution in [0.4, 0.5) is 5.00 Å². The van der Waals surface area contributed by atoms with Crippen LogP contribution in [0.15, 0.2) is 24.3 Å². The van der Waals surface area contributed by atoms with Crippen molar-refractivity contribution < 1.29 is 14.3 Å². The van der Waals surface area contributed by atoms with Gasteiger partial charge in [0.1, 0.15) is 9.88 Å². The summed E-state index contributed by atoms with van der Waals surface area (Å²) in [4.78, 5) is 27.4. The van der Waals surface area contributed by atoms with Gasteiger partial charge in [-0.05, 0) is 43.7 Å². The fourth-order valence-corrected chi connectivity index (χ4v) is 6.59. The Morgan fingerprint density at radius 2 is 2.03 bits per heavy atom. The number of amides is 1. The molecule has 0 bridgehead atoms. The Kier molecular flexibility index (Phi) is 5.95. The summed E-state index contributed by atoms with van der Waals surface area (Å²) >= 11 is 9.33. The molecule has 3 aromatic rings. The van der Waals surface area contributed by atoms with Gasteiger partial charge in [0.2, 0.25) is 0 Å². The summed E-state index contributed by atoms with van der Waals surface area (Å²) in [6, 6.07) is 7.68. The summed E-state index contributed by atoms with van der Waals surface area (Å²) in [5, 5.41) is 4.85. The number of halogens is 1. The Hall–Kier alpha value is -1.89. The first-order chi connectivity index (χ1) is 14.0. The molecule has 4 nitrogen and oxygen atoms in total. The van der Waals surface area contributed by atoms with Crippen molar-refractivity contribution in [2.24, 2.45) is 5.92 Å². The molecule has 4 rings (SSSR count). The maximum absolute atomic E-state index is 13.0. The molecule has 1 amide bonds. The van der Waals surface area contributed by atoms with E-state index in [1.165, 1.54) is 27.6 Å². The minimum Gasteiger partial charge on any atom is -0.462 e. The van der Waals surface area contributed by atoms with Crippen LogP contribution in [0.25, 0.3) is 10.1 Å². The van der Waals surface area contributed by atoms with Crippen molar-refractivity contribution in [1.82, 2.24) is 0 Å². The molecular formula is C22H22ClNO3S2. The molecule has 2 aromatic heterocycles. The third kappa shape index (κ3) is 3.81. The minimum absolute atomic E-state index is 0.285. The number of hydrogen-bond donors (Lipinski definition) is 1. The van der Waals surface area contributed by atoms with Crippen molar-refractivity contribution >= 4 is 61.2 Å². The summed E-state index contributed by atoms with van der Waals surface area (Å²) in [6.07, 6.45) is 3.97. The van der Waals surface area contributed by atoms with Crippen molar-refractivity contribution in [3.8, 4) is 0 Å². The van der Waals surface area contributed by atoms with Crippen LogP contribution in [0.2, 0.25) is 5.02 Å². The monoisotopic (exact) mass is 447 g/mol. The maximum Gasteiger partial charge on any atom is 0.341 e. The Morgan fingerprint density at radius 3 is 2.76 bits per heavy atom. The molecule has 0 saturated carbocycles. The van der Waals surface area contributed by atoms with Crippen LogP contribution in [-0.2, 0) is 17.6 Å². The number of nitrogens with one attached hydrogen (secondary N) is 1. The van der Waals surface area contributed by atoms with Crippen LogP contribution in [0, 0.1) is 5.92 Å². The van der Waals surface area contributed by atoms with E-state index in [0.717, 1.165) is 41.3 Å². The first-order valence-corrected chi connectivity index (χ1v) is 11.8. The van der Waals surface area contributed by atoms with Crippen molar-refractivity contribution in [3.05, 3.63) is 50.2 Å². The first kappa shape index (κ1) is 20.4. The van der Waals surface area contributed by atoms with Gasteiger partial charge in [-0.1, -0.05) is 43.1 Å². The third-order valence-corrected chi connectivity index (χ3v) is 8.24. The average molecular weight is 448 g/mol. The van der Waals surface area contributed by atoms with Gasteiger partial charge in [-0.15, -0.1) is 22.7 Å². The van der Waals surface area contributed by atoms with E-state index in [-0.39, 0.29) is 11.9 Å². The normalized spacial score (nSPS) is 15.9. The molecule has 0 radical (unpaired) electrons. The Labute approximate surface area is 182 Å². The highest BCUT2D eigenvalue weighted by Gasteiger charge is 2.30. The van der Waals surface area contributed by atoms with Gasteiger partial charge in [-0.2, -0.15) is 0 Å². The molecule has 0 spiro atoms. The van der Waals surface area contributed by atoms with E-state index in [1.807, 2.05) is 24.3 Å². The molecule has 1 aliphatic carbocycles. The highest BCUT2D eigenvalue weighted by molar-refractivity contribution is 7.22. The zero-order chi connectivity index (χ0) is 20.5. The number of ether oxygens (including phenoxy) is 1. The number of benzene rings is 1. The van der Waals surface area contributed by atoms with Crippen molar-refractivity contribution in [2.45, 2.75) is 39.5 Å². The van der Waals surface area contributed by atoms with Gasteiger partial charge in [-0.25, -0.2) is 4.79 Å². The van der Waals surface area contributed by atoms with Crippen molar-refractivity contribution in [2.75, 3.05) is 11.9 Å². The summed E-state index contributed by atoms with van der Waals surface area (Å²) in [6.45, 7) is 4.29. The Bertz CT molecular complexity index is 1090. The second kappa shape index (κ2) is 8.46.